The van der Waals surface area contributed by atoms with E-state index in [1.165, 1.54) is 30.3 Å². The highest BCUT2D eigenvalue weighted by molar-refractivity contribution is 5.96. The number of anilines is 1. The molecule has 0 saturated heterocycles. The lowest BCUT2D eigenvalue weighted by atomic mass is 10.3. The summed E-state index contributed by atoms with van der Waals surface area (Å²) in [6.45, 7) is -3.49. The van der Waals surface area contributed by atoms with Gasteiger partial charge in [0.15, 0.2) is 6.61 Å². The van der Waals surface area contributed by atoms with Crippen molar-refractivity contribution < 1.29 is 32.6 Å². The number of halogens is 2. The SMILES string of the molecule is O=C1CC=C(C(=O)OCC(=O)Nc2ccc(OC(F)F)cc2)NN1. The molecule has 128 valence electrons. The van der Waals surface area contributed by atoms with Crippen molar-refractivity contribution >= 4 is 23.5 Å². The largest absolute Gasteiger partial charge is 0.451 e. The summed E-state index contributed by atoms with van der Waals surface area (Å²) in [4.78, 5) is 34.2. The zero-order valence-corrected chi connectivity index (χ0v) is 12.2. The molecule has 8 nitrogen and oxygen atoms in total. The summed E-state index contributed by atoms with van der Waals surface area (Å²) in [6.07, 6.45) is 1.36. The number of hydrogen-bond acceptors (Lipinski definition) is 6. The maximum Gasteiger partial charge on any atom is 0.387 e. The molecule has 1 aliphatic rings. The minimum absolute atomic E-state index is 0.0240. The molecular formula is C14H13F2N3O5. The van der Waals surface area contributed by atoms with E-state index in [1.807, 2.05) is 0 Å². The predicted octanol–water partition coefficient (Wildman–Crippen LogP) is 0.678. The number of rotatable bonds is 6. The highest BCUT2D eigenvalue weighted by Crippen LogP contribution is 2.17. The van der Waals surface area contributed by atoms with Gasteiger partial charge in [0.25, 0.3) is 5.91 Å². The van der Waals surface area contributed by atoms with Crippen LogP contribution in [0, 0.1) is 0 Å². The average Bonchev–Trinajstić information content (AvgIpc) is 2.54. The van der Waals surface area contributed by atoms with Gasteiger partial charge in [0.1, 0.15) is 11.4 Å². The third-order valence-electron chi connectivity index (χ3n) is 2.75. The molecule has 10 heteroatoms. The fourth-order valence-corrected chi connectivity index (χ4v) is 1.69. The van der Waals surface area contributed by atoms with Crippen LogP contribution in [0.2, 0.25) is 0 Å². The van der Waals surface area contributed by atoms with E-state index in [9.17, 15) is 23.2 Å². The molecule has 1 aromatic carbocycles. The van der Waals surface area contributed by atoms with Crippen LogP contribution in [0.1, 0.15) is 6.42 Å². The van der Waals surface area contributed by atoms with Gasteiger partial charge in [-0.2, -0.15) is 8.78 Å². The molecular weight excluding hydrogens is 328 g/mol. The summed E-state index contributed by atoms with van der Waals surface area (Å²) in [5.41, 5.74) is 4.92. The van der Waals surface area contributed by atoms with Crippen LogP contribution >= 0.6 is 0 Å². The number of nitrogens with one attached hydrogen (secondary N) is 3. The van der Waals surface area contributed by atoms with Crippen LogP contribution in [-0.2, 0) is 19.1 Å². The zero-order valence-electron chi connectivity index (χ0n) is 12.2. The predicted molar refractivity (Wildman–Crippen MR) is 76.6 cm³/mol. The fourth-order valence-electron chi connectivity index (χ4n) is 1.69. The molecule has 0 unspecified atom stereocenters. The third kappa shape index (κ3) is 5.23. The van der Waals surface area contributed by atoms with Gasteiger partial charge in [0.05, 0.1) is 0 Å². The first-order valence-electron chi connectivity index (χ1n) is 6.71. The molecule has 24 heavy (non-hydrogen) atoms. The molecule has 0 bridgehead atoms. The van der Waals surface area contributed by atoms with Crippen molar-refractivity contribution in [3.63, 3.8) is 0 Å². The molecule has 3 N–H and O–H groups in total. The van der Waals surface area contributed by atoms with Crippen LogP contribution in [0.3, 0.4) is 0 Å². The van der Waals surface area contributed by atoms with E-state index in [-0.39, 0.29) is 23.8 Å². The lowest BCUT2D eigenvalue weighted by molar-refractivity contribution is -0.144. The number of hydrogen-bond donors (Lipinski definition) is 3. The van der Waals surface area contributed by atoms with Crippen molar-refractivity contribution in [1.29, 1.82) is 0 Å². The van der Waals surface area contributed by atoms with E-state index in [1.54, 1.807) is 0 Å². The Morgan fingerprint density at radius 1 is 1.21 bits per heavy atom. The molecule has 1 aromatic rings. The molecule has 2 amide bonds. The number of amides is 2. The highest BCUT2D eigenvalue weighted by Gasteiger charge is 2.17. The number of alkyl halides is 2. The average molecular weight is 341 g/mol. The maximum atomic E-state index is 12.0. The van der Waals surface area contributed by atoms with Crippen molar-refractivity contribution in [2.24, 2.45) is 0 Å². The topological polar surface area (TPSA) is 106 Å². The van der Waals surface area contributed by atoms with E-state index in [0.717, 1.165) is 0 Å². The smallest absolute Gasteiger partial charge is 0.387 e. The molecule has 2 rings (SSSR count). The van der Waals surface area contributed by atoms with Crippen LogP contribution in [0.4, 0.5) is 14.5 Å². The van der Waals surface area contributed by atoms with Gasteiger partial charge in [0.2, 0.25) is 5.91 Å². The second-order valence-corrected chi connectivity index (χ2v) is 4.52. The number of benzene rings is 1. The molecule has 0 radical (unpaired) electrons. The number of ether oxygens (including phenoxy) is 2. The fraction of sp³-hybridized carbons (Fsp3) is 0.214. The maximum absolute atomic E-state index is 12.0. The Hall–Kier alpha value is -3.17. The molecule has 1 heterocycles. The van der Waals surface area contributed by atoms with Crippen molar-refractivity contribution in [3.8, 4) is 5.75 Å². The van der Waals surface area contributed by atoms with E-state index >= 15 is 0 Å². The monoisotopic (exact) mass is 341 g/mol. The van der Waals surface area contributed by atoms with Gasteiger partial charge in [-0.1, -0.05) is 0 Å². The Bertz CT molecular complexity index is 661. The van der Waals surface area contributed by atoms with Crippen LogP contribution in [0.15, 0.2) is 36.0 Å². The Morgan fingerprint density at radius 3 is 2.50 bits per heavy atom. The summed E-state index contributed by atoms with van der Waals surface area (Å²) >= 11 is 0. The normalized spacial score (nSPS) is 13.5. The lowest BCUT2D eigenvalue weighted by Gasteiger charge is -2.15. The van der Waals surface area contributed by atoms with Gasteiger partial charge in [-0.15, -0.1) is 0 Å². The summed E-state index contributed by atoms with van der Waals surface area (Å²) in [5.74, 6) is -1.77. The van der Waals surface area contributed by atoms with Crippen LogP contribution in [0.5, 0.6) is 5.75 Å². The molecule has 0 saturated carbocycles. The number of esters is 1. The second-order valence-electron chi connectivity index (χ2n) is 4.52. The molecule has 1 aliphatic heterocycles. The van der Waals surface area contributed by atoms with Gasteiger partial charge in [-0.25, -0.2) is 4.79 Å². The molecule has 0 spiro atoms. The number of hydrazine groups is 1. The van der Waals surface area contributed by atoms with Gasteiger partial charge < -0.3 is 14.8 Å². The van der Waals surface area contributed by atoms with Gasteiger partial charge in [0, 0.05) is 12.1 Å². The van der Waals surface area contributed by atoms with Crippen LogP contribution in [-0.4, -0.2) is 31.0 Å². The second kappa shape index (κ2) is 7.90. The Balaban J connectivity index is 1.78. The van der Waals surface area contributed by atoms with Gasteiger partial charge in [-0.05, 0) is 30.3 Å². The minimum atomic E-state index is -2.93. The first-order valence-corrected chi connectivity index (χ1v) is 6.71. The first-order chi connectivity index (χ1) is 11.4. The van der Waals surface area contributed by atoms with Crippen molar-refractivity contribution in [1.82, 2.24) is 10.9 Å². The summed E-state index contributed by atoms with van der Waals surface area (Å²) in [5, 5.41) is 2.42. The van der Waals surface area contributed by atoms with Crippen LogP contribution < -0.4 is 20.9 Å². The Kier molecular flexibility index (Phi) is 5.66. The Labute approximate surface area is 134 Å². The minimum Gasteiger partial charge on any atom is -0.451 e. The number of carbonyl (C=O) groups excluding carboxylic acids is 3. The molecule has 0 atom stereocenters. The van der Waals surface area contributed by atoms with E-state index in [0.29, 0.717) is 5.69 Å². The van der Waals surface area contributed by atoms with Crippen molar-refractivity contribution in [3.05, 3.63) is 36.0 Å². The van der Waals surface area contributed by atoms with Crippen LogP contribution in [0.25, 0.3) is 0 Å². The summed E-state index contributed by atoms with van der Waals surface area (Å²) in [6, 6.07) is 5.23. The van der Waals surface area contributed by atoms with E-state index < -0.39 is 25.1 Å². The first kappa shape index (κ1) is 17.2. The quantitative estimate of drug-likeness (QED) is 0.657. The Morgan fingerprint density at radius 2 is 1.92 bits per heavy atom. The standard InChI is InChI=1S/C14H13F2N3O5/c15-14(16)24-9-3-1-8(2-4-9)17-12(21)7-23-13(22)10-5-6-11(20)19-18-10/h1-5,14,18H,6-7H2,(H,17,21)(H,19,20). The van der Waals surface area contributed by atoms with Gasteiger partial charge >= 0.3 is 12.6 Å². The zero-order chi connectivity index (χ0) is 17.5. The molecule has 0 aliphatic carbocycles. The molecule has 0 aromatic heterocycles. The summed E-state index contributed by atoms with van der Waals surface area (Å²) in [7, 11) is 0. The van der Waals surface area contributed by atoms with Gasteiger partial charge in [-0.3, -0.25) is 20.4 Å². The summed E-state index contributed by atoms with van der Waals surface area (Å²) < 4.78 is 33.0. The molecule has 0 fully saturated rings. The van der Waals surface area contributed by atoms with Crippen molar-refractivity contribution in [2.75, 3.05) is 11.9 Å². The highest BCUT2D eigenvalue weighted by atomic mass is 19.3. The lowest BCUT2D eigenvalue weighted by Crippen LogP contribution is -2.42. The number of carbonyl (C=O) groups is 3. The van der Waals surface area contributed by atoms with Crippen molar-refractivity contribution in [2.45, 2.75) is 13.0 Å². The third-order valence-corrected chi connectivity index (χ3v) is 2.75. The van der Waals surface area contributed by atoms with E-state index in [2.05, 4.69) is 20.9 Å². The van der Waals surface area contributed by atoms with E-state index in [4.69, 9.17) is 4.74 Å².